The van der Waals surface area contributed by atoms with Gasteiger partial charge in [-0.2, -0.15) is 4.31 Å². The van der Waals surface area contributed by atoms with Gasteiger partial charge in [-0.3, -0.25) is 4.79 Å². The van der Waals surface area contributed by atoms with Crippen LogP contribution >= 0.6 is 11.3 Å². The van der Waals surface area contributed by atoms with Crippen molar-refractivity contribution in [1.82, 2.24) is 4.31 Å². The summed E-state index contributed by atoms with van der Waals surface area (Å²) in [6.45, 7) is 2.77. The maximum Gasteiger partial charge on any atom is 0.310 e. The fraction of sp³-hybridized carbons (Fsp3) is 0.583. The molecule has 106 valence electrons. The number of ether oxygens (including phenoxy) is 1. The van der Waals surface area contributed by atoms with Crippen molar-refractivity contribution in [3.63, 3.8) is 0 Å². The lowest BCUT2D eigenvalue weighted by molar-refractivity contribution is -0.149. The molecule has 1 aromatic heterocycles. The van der Waals surface area contributed by atoms with Gasteiger partial charge >= 0.3 is 5.97 Å². The molecule has 1 aromatic rings. The highest BCUT2D eigenvalue weighted by atomic mass is 32.2. The molecule has 0 unspecified atom stereocenters. The van der Waals surface area contributed by atoms with Crippen molar-refractivity contribution in [1.29, 1.82) is 0 Å². The Hall–Kier alpha value is -0.920. The molecule has 2 heterocycles. The number of carbonyl (C=O) groups excluding carboxylic acids is 1. The Morgan fingerprint density at radius 1 is 1.58 bits per heavy atom. The number of nitrogens with zero attached hydrogens (tertiary/aromatic N) is 1. The van der Waals surface area contributed by atoms with Gasteiger partial charge < -0.3 is 4.74 Å². The number of thiophene rings is 1. The Bertz CT molecular complexity index is 524. The Morgan fingerprint density at radius 2 is 2.37 bits per heavy atom. The van der Waals surface area contributed by atoms with Crippen LogP contribution in [0.4, 0.5) is 0 Å². The summed E-state index contributed by atoms with van der Waals surface area (Å²) in [4.78, 5) is 11.7. The number of hydrogen-bond acceptors (Lipinski definition) is 5. The molecule has 0 bridgehead atoms. The van der Waals surface area contributed by atoms with E-state index in [4.69, 9.17) is 4.74 Å². The summed E-state index contributed by atoms with van der Waals surface area (Å²) in [5.41, 5.74) is 0. The summed E-state index contributed by atoms with van der Waals surface area (Å²) in [5, 5.41) is 1.74. The lowest BCUT2D eigenvalue weighted by atomic mass is 10.0. The molecule has 0 saturated carbocycles. The average molecular weight is 303 g/mol. The first-order chi connectivity index (χ1) is 9.05. The zero-order valence-corrected chi connectivity index (χ0v) is 12.4. The van der Waals surface area contributed by atoms with E-state index in [9.17, 15) is 13.2 Å². The molecule has 1 aliphatic heterocycles. The van der Waals surface area contributed by atoms with Crippen molar-refractivity contribution >= 4 is 27.3 Å². The summed E-state index contributed by atoms with van der Waals surface area (Å²) >= 11 is 1.20. The van der Waals surface area contributed by atoms with E-state index in [2.05, 4.69) is 0 Å². The largest absolute Gasteiger partial charge is 0.466 e. The molecule has 5 nitrogen and oxygen atoms in total. The van der Waals surface area contributed by atoms with Gasteiger partial charge in [-0.25, -0.2) is 8.42 Å². The van der Waals surface area contributed by atoms with Crippen molar-refractivity contribution in [3.8, 4) is 0 Å². The summed E-state index contributed by atoms with van der Waals surface area (Å²) < 4.78 is 31.4. The molecule has 7 heteroatoms. The zero-order valence-electron chi connectivity index (χ0n) is 10.7. The fourth-order valence-electron chi connectivity index (χ4n) is 2.15. The minimum absolute atomic E-state index is 0.221. The van der Waals surface area contributed by atoms with E-state index in [1.807, 2.05) is 0 Å². The quantitative estimate of drug-likeness (QED) is 0.794. The van der Waals surface area contributed by atoms with Gasteiger partial charge in [0.25, 0.3) is 10.0 Å². The van der Waals surface area contributed by atoms with E-state index in [1.165, 1.54) is 15.6 Å². The van der Waals surface area contributed by atoms with Crippen molar-refractivity contribution < 1.29 is 17.9 Å². The van der Waals surface area contributed by atoms with Gasteiger partial charge in [0.2, 0.25) is 0 Å². The molecule has 0 radical (unpaired) electrons. The normalized spacial score (nSPS) is 21.2. The Morgan fingerprint density at radius 3 is 3.00 bits per heavy atom. The maximum atomic E-state index is 12.4. The van der Waals surface area contributed by atoms with Gasteiger partial charge in [-0.15, -0.1) is 11.3 Å². The molecular formula is C12H17NO4S2. The molecule has 0 amide bonds. The van der Waals surface area contributed by atoms with E-state index >= 15 is 0 Å². The van der Waals surface area contributed by atoms with E-state index < -0.39 is 10.0 Å². The third-order valence-electron chi connectivity index (χ3n) is 3.09. The van der Waals surface area contributed by atoms with Crippen LogP contribution in [0.25, 0.3) is 0 Å². The first kappa shape index (κ1) is 14.5. The number of piperidine rings is 1. The second-order valence-corrected chi connectivity index (χ2v) is 7.50. The minimum atomic E-state index is -3.46. The second kappa shape index (κ2) is 6.02. The van der Waals surface area contributed by atoms with Gasteiger partial charge in [0.15, 0.2) is 0 Å². The van der Waals surface area contributed by atoms with Crippen molar-refractivity contribution in [2.45, 2.75) is 24.0 Å². The van der Waals surface area contributed by atoms with Crippen LogP contribution in [-0.2, 0) is 19.6 Å². The van der Waals surface area contributed by atoms with E-state index in [1.54, 1.807) is 24.4 Å². The number of sulfonamides is 1. The van der Waals surface area contributed by atoms with Gasteiger partial charge in [-0.1, -0.05) is 6.07 Å². The van der Waals surface area contributed by atoms with Crippen LogP contribution in [0.5, 0.6) is 0 Å². The molecule has 19 heavy (non-hydrogen) atoms. The minimum Gasteiger partial charge on any atom is -0.466 e. The number of carbonyl (C=O) groups is 1. The molecular weight excluding hydrogens is 286 g/mol. The molecule has 2 rings (SSSR count). The second-order valence-electron chi connectivity index (χ2n) is 4.39. The predicted molar refractivity (Wildman–Crippen MR) is 72.4 cm³/mol. The topological polar surface area (TPSA) is 63.7 Å². The Kier molecular flexibility index (Phi) is 4.59. The number of esters is 1. The molecule has 0 aromatic carbocycles. The molecule has 1 aliphatic rings. The maximum absolute atomic E-state index is 12.4. The van der Waals surface area contributed by atoms with Gasteiger partial charge in [0, 0.05) is 13.1 Å². The molecule has 0 spiro atoms. The fourth-order valence-corrected chi connectivity index (χ4v) is 4.82. The highest BCUT2D eigenvalue weighted by Crippen LogP contribution is 2.26. The van der Waals surface area contributed by atoms with Gasteiger partial charge in [-0.05, 0) is 31.2 Å². The van der Waals surface area contributed by atoms with Crippen LogP contribution in [0, 0.1) is 5.92 Å². The van der Waals surface area contributed by atoms with Crippen LogP contribution in [0.1, 0.15) is 19.8 Å². The molecule has 1 saturated heterocycles. The lowest BCUT2D eigenvalue weighted by Gasteiger charge is -2.30. The average Bonchev–Trinajstić information content (AvgIpc) is 2.94. The first-order valence-electron chi connectivity index (χ1n) is 6.26. The van der Waals surface area contributed by atoms with Crippen molar-refractivity contribution in [2.75, 3.05) is 19.7 Å². The summed E-state index contributed by atoms with van der Waals surface area (Å²) in [6.07, 6.45) is 1.38. The zero-order chi connectivity index (χ0) is 13.9. The molecule has 1 fully saturated rings. The Balaban J connectivity index is 2.11. The van der Waals surface area contributed by atoms with E-state index in [0.29, 0.717) is 30.2 Å². The lowest BCUT2D eigenvalue weighted by Crippen LogP contribution is -2.42. The highest BCUT2D eigenvalue weighted by molar-refractivity contribution is 7.91. The van der Waals surface area contributed by atoms with Crippen LogP contribution in [0.15, 0.2) is 21.7 Å². The standard InChI is InChI=1S/C12H17NO4S2/c1-2-17-12(14)10-5-3-7-13(9-10)19(15,16)11-6-4-8-18-11/h4,6,8,10H,2-3,5,7,9H2,1H3/t10-/m0/s1. The van der Waals surface area contributed by atoms with E-state index in [0.717, 1.165) is 0 Å². The van der Waals surface area contributed by atoms with Crippen LogP contribution in [0.3, 0.4) is 0 Å². The van der Waals surface area contributed by atoms with Crippen LogP contribution < -0.4 is 0 Å². The third kappa shape index (κ3) is 3.16. The number of hydrogen-bond donors (Lipinski definition) is 0. The van der Waals surface area contributed by atoms with Gasteiger partial charge in [0.05, 0.1) is 12.5 Å². The van der Waals surface area contributed by atoms with Crippen LogP contribution in [0.2, 0.25) is 0 Å². The third-order valence-corrected chi connectivity index (χ3v) is 6.33. The van der Waals surface area contributed by atoms with Crippen LogP contribution in [-0.4, -0.2) is 38.4 Å². The predicted octanol–water partition coefficient (Wildman–Crippen LogP) is 1.71. The number of rotatable bonds is 4. The highest BCUT2D eigenvalue weighted by Gasteiger charge is 2.34. The SMILES string of the molecule is CCOC(=O)[C@H]1CCCN(S(=O)(=O)c2cccs2)C1. The van der Waals surface area contributed by atoms with Crippen molar-refractivity contribution in [2.24, 2.45) is 5.92 Å². The summed E-state index contributed by atoms with van der Waals surface area (Å²) in [7, 11) is -3.46. The van der Waals surface area contributed by atoms with Crippen molar-refractivity contribution in [3.05, 3.63) is 17.5 Å². The molecule has 1 atom stereocenters. The molecule has 0 aliphatic carbocycles. The molecule has 0 N–H and O–H groups in total. The summed E-state index contributed by atoms with van der Waals surface area (Å²) in [5.74, 6) is -0.642. The smallest absolute Gasteiger partial charge is 0.310 e. The first-order valence-corrected chi connectivity index (χ1v) is 8.58. The van der Waals surface area contributed by atoms with E-state index in [-0.39, 0.29) is 18.4 Å². The monoisotopic (exact) mass is 303 g/mol. The van der Waals surface area contributed by atoms with Gasteiger partial charge in [0.1, 0.15) is 4.21 Å². The summed E-state index contributed by atoms with van der Waals surface area (Å²) in [6, 6.07) is 3.30. The Labute approximate surface area is 117 Å².